The van der Waals surface area contributed by atoms with E-state index in [9.17, 15) is 14.4 Å². The summed E-state index contributed by atoms with van der Waals surface area (Å²) in [6.07, 6.45) is 12.7. The first kappa shape index (κ1) is 35.5. The number of nitrogens with two attached hydrogens (primary N) is 1. The van der Waals surface area contributed by atoms with E-state index < -0.39 is 0 Å². The Balaban J connectivity index is 0. The smallest absolute Gasteiger partial charge is 0.234 e. The molecule has 2 amide bonds. The van der Waals surface area contributed by atoms with Crippen LogP contribution in [-0.2, 0) is 19.1 Å². The van der Waals surface area contributed by atoms with Crippen LogP contribution < -0.4 is 16.4 Å². The van der Waals surface area contributed by atoms with E-state index in [-0.39, 0.29) is 24.3 Å². The van der Waals surface area contributed by atoms with Gasteiger partial charge in [-0.2, -0.15) is 0 Å². The summed E-state index contributed by atoms with van der Waals surface area (Å²) in [7, 11) is 4.91. The highest BCUT2D eigenvalue weighted by atomic mass is 16.5. The number of nitrogens with one attached hydrogen (secondary N) is 3. The zero-order chi connectivity index (χ0) is 27.8. The molecule has 1 unspecified atom stereocenters. The minimum absolute atomic E-state index is 0.00244. The molecule has 5 N–H and O–H groups in total. The van der Waals surface area contributed by atoms with Crippen LogP contribution in [0.5, 0.6) is 0 Å². The van der Waals surface area contributed by atoms with Gasteiger partial charge in [0.15, 0.2) is 0 Å². The third kappa shape index (κ3) is 17.8. The molecule has 0 saturated heterocycles. The van der Waals surface area contributed by atoms with Gasteiger partial charge in [0.25, 0.3) is 0 Å². The largest absolute Gasteiger partial charge is 0.380 e. The molecule has 0 aromatic rings. The molecule has 1 fully saturated rings. The predicted octanol–water partition coefficient (Wildman–Crippen LogP) is 2.48. The number of carbonyl (C=O) groups is 3. The molecular formula is C27H49N5O4. The molecule has 1 atom stereocenters. The molecular weight excluding hydrogens is 458 g/mol. The van der Waals surface area contributed by atoms with Crippen molar-refractivity contribution in [3.05, 3.63) is 36.0 Å². The number of likely N-dealkylation sites (N-methyl/N-ethyl adjacent to an activating group) is 2. The summed E-state index contributed by atoms with van der Waals surface area (Å²) in [5.74, 6) is 0.483. The number of aldehydes is 1. The highest BCUT2D eigenvalue weighted by Crippen LogP contribution is 2.36. The minimum Gasteiger partial charge on any atom is -0.380 e. The van der Waals surface area contributed by atoms with Crippen molar-refractivity contribution in [2.24, 2.45) is 17.6 Å². The fourth-order valence-electron chi connectivity index (χ4n) is 3.35. The van der Waals surface area contributed by atoms with Crippen molar-refractivity contribution < 1.29 is 19.1 Å². The number of amides is 2. The first-order valence-corrected chi connectivity index (χ1v) is 12.6. The van der Waals surface area contributed by atoms with Gasteiger partial charge in [0, 0.05) is 32.3 Å². The molecule has 0 heterocycles. The van der Waals surface area contributed by atoms with Gasteiger partial charge >= 0.3 is 0 Å². The minimum atomic E-state index is -0.0463. The van der Waals surface area contributed by atoms with Crippen molar-refractivity contribution in [1.29, 1.82) is 5.41 Å². The van der Waals surface area contributed by atoms with Gasteiger partial charge in [0.05, 0.1) is 19.7 Å². The molecule has 9 heteroatoms. The maximum absolute atomic E-state index is 12.4. The number of carbonyl (C=O) groups excluding carboxylic acids is 3. The first-order chi connectivity index (χ1) is 17.3. The Morgan fingerprint density at radius 2 is 1.92 bits per heavy atom. The van der Waals surface area contributed by atoms with Gasteiger partial charge in [-0.15, -0.1) is 0 Å². The average molecular weight is 508 g/mol. The van der Waals surface area contributed by atoms with Crippen LogP contribution in [0.2, 0.25) is 0 Å². The highest BCUT2D eigenvalue weighted by molar-refractivity contribution is 5.81. The van der Waals surface area contributed by atoms with Crippen LogP contribution in [0.4, 0.5) is 0 Å². The second kappa shape index (κ2) is 24.1. The lowest BCUT2D eigenvalue weighted by molar-refractivity contribution is -0.139. The number of hydrogen-bond acceptors (Lipinski definition) is 7. The average Bonchev–Trinajstić information content (AvgIpc) is 2.83. The molecule has 0 spiro atoms. The van der Waals surface area contributed by atoms with E-state index >= 15 is 0 Å². The van der Waals surface area contributed by atoms with Gasteiger partial charge in [0.2, 0.25) is 11.8 Å². The Morgan fingerprint density at radius 1 is 1.25 bits per heavy atom. The van der Waals surface area contributed by atoms with E-state index in [1.54, 1.807) is 14.1 Å². The van der Waals surface area contributed by atoms with E-state index in [2.05, 4.69) is 22.9 Å². The molecule has 206 valence electrons. The summed E-state index contributed by atoms with van der Waals surface area (Å²) < 4.78 is 5.52. The van der Waals surface area contributed by atoms with Gasteiger partial charge in [-0.3, -0.25) is 9.59 Å². The summed E-state index contributed by atoms with van der Waals surface area (Å²) in [4.78, 5) is 35.8. The van der Waals surface area contributed by atoms with E-state index in [1.807, 2.05) is 32.1 Å². The zero-order valence-corrected chi connectivity index (χ0v) is 23.0. The van der Waals surface area contributed by atoms with E-state index in [0.29, 0.717) is 32.2 Å². The van der Waals surface area contributed by atoms with Crippen LogP contribution in [-0.4, -0.2) is 83.2 Å². The third-order valence-corrected chi connectivity index (χ3v) is 5.53. The third-order valence-electron chi connectivity index (χ3n) is 5.53. The van der Waals surface area contributed by atoms with Crippen LogP contribution in [0.25, 0.3) is 0 Å². The topological polar surface area (TPSA) is 138 Å². The summed E-state index contributed by atoms with van der Waals surface area (Å²) in [5.41, 5.74) is 6.41. The van der Waals surface area contributed by atoms with Crippen molar-refractivity contribution in [3.8, 4) is 0 Å². The fraction of sp³-hybridized carbons (Fsp3) is 0.630. The van der Waals surface area contributed by atoms with Crippen molar-refractivity contribution >= 4 is 24.3 Å². The SMILES string of the molecule is C=C(C)/C=C\C(C=N)=C/C.CN.CNCC(=O)NCCOCCCC(C(=O)N(C)CC=O)C1CCC1. The summed E-state index contributed by atoms with van der Waals surface area (Å²) in [6, 6.07) is 0. The van der Waals surface area contributed by atoms with Crippen LogP contribution in [0.15, 0.2) is 36.0 Å². The molecule has 9 nitrogen and oxygen atoms in total. The number of ether oxygens (including phenoxy) is 1. The molecule has 1 aliphatic rings. The molecule has 1 rings (SSSR count). The predicted molar refractivity (Wildman–Crippen MR) is 148 cm³/mol. The van der Waals surface area contributed by atoms with E-state index in [0.717, 1.165) is 43.1 Å². The van der Waals surface area contributed by atoms with Gasteiger partial charge in [-0.25, -0.2) is 0 Å². The summed E-state index contributed by atoms with van der Waals surface area (Å²) in [6.45, 7) is 9.55. The maximum Gasteiger partial charge on any atom is 0.234 e. The normalized spacial score (nSPS) is 13.8. The molecule has 36 heavy (non-hydrogen) atoms. The number of rotatable bonds is 16. The van der Waals surface area contributed by atoms with Crippen molar-refractivity contribution in [2.75, 3.05) is 54.0 Å². The Bertz CT molecular complexity index is 702. The number of allylic oxidation sites excluding steroid dienone is 5. The molecule has 0 aromatic carbocycles. The molecule has 0 radical (unpaired) electrons. The van der Waals surface area contributed by atoms with Crippen LogP contribution >= 0.6 is 0 Å². The van der Waals surface area contributed by atoms with Crippen molar-refractivity contribution in [1.82, 2.24) is 15.5 Å². The molecule has 0 aliphatic heterocycles. The molecule has 0 bridgehead atoms. The zero-order valence-electron chi connectivity index (χ0n) is 23.0. The maximum atomic E-state index is 12.4. The van der Waals surface area contributed by atoms with E-state index in [1.165, 1.54) is 24.6 Å². The summed E-state index contributed by atoms with van der Waals surface area (Å²) in [5, 5.41) is 12.5. The lowest BCUT2D eigenvalue weighted by Crippen LogP contribution is -2.39. The lowest BCUT2D eigenvalue weighted by atomic mass is 9.73. The van der Waals surface area contributed by atoms with Gasteiger partial charge in [-0.1, -0.05) is 36.8 Å². The monoisotopic (exact) mass is 507 g/mol. The summed E-state index contributed by atoms with van der Waals surface area (Å²) >= 11 is 0. The molecule has 1 saturated carbocycles. The van der Waals surface area contributed by atoms with Crippen molar-refractivity contribution in [3.63, 3.8) is 0 Å². The van der Waals surface area contributed by atoms with E-state index in [4.69, 9.17) is 10.1 Å². The molecule has 1 aliphatic carbocycles. The van der Waals surface area contributed by atoms with Gasteiger partial charge in [-0.05, 0) is 65.1 Å². The first-order valence-electron chi connectivity index (χ1n) is 12.6. The number of hydrogen-bond donors (Lipinski definition) is 4. The lowest BCUT2D eigenvalue weighted by Gasteiger charge is -2.35. The second-order valence-electron chi connectivity index (χ2n) is 8.43. The molecule has 0 aromatic heterocycles. The highest BCUT2D eigenvalue weighted by Gasteiger charge is 2.33. The standard InChI is InChI=1S/C17H31N3O4.C9H13N.CH5N/c1-18-13-16(22)19-8-12-24-11-4-7-15(14-5-3-6-14)17(23)20(2)9-10-21;1-4-9(7-10)6-5-8(2)3;1-2/h10,14-15,18H,3-9,11-13H2,1-2H3,(H,19,22);4-7,10H,2H2,1,3H3;2H2,1H3/b;6-5-,9-4+,10-7?;. The Morgan fingerprint density at radius 3 is 2.39 bits per heavy atom. The second-order valence-corrected chi connectivity index (χ2v) is 8.43. The quantitative estimate of drug-likeness (QED) is 0.110. The van der Waals surface area contributed by atoms with Crippen molar-refractivity contribution in [2.45, 2.75) is 46.0 Å². The Hall–Kier alpha value is -2.62. The van der Waals surface area contributed by atoms with Crippen LogP contribution in [0, 0.1) is 17.2 Å². The Labute approximate surface area is 218 Å². The Kier molecular flexibility index (Phi) is 23.8. The van der Waals surface area contributed by atoms with Gasteiger partial charge < -0.3 is 36.2 Å². The van der Waals surface area contributed by atoms with Gasteiger partial charge in [0.1, 0.15) is 6.29 Å². The van der Waals surface area contributed by atoms with Crippen LogP contribution in [0.3, 0.4) is 0 Å². The van der Waals surface area contributed by atoms with Crippen LogP contribution in [0.1, 0.15) is 46.0 Å². The number of nitrogens with zero attached hydrogens (tertiary/aromatic N) is 1. The fourth-order valence-corrected chi connectivity index (χ4v) is 3.35.